The molecule has 34 heavy (non-hydrogen) atoms. The number of piperazine rings is 1. The molecule has 4 rings (SSSR count). The van der Waals surface area contributed by atoms with Crippen LogP contribution in [0.4, 0.5) is 5.69 Å². The molecule has 1 aliphatic heterocycles. The third-order valence-electron chi connectivity index (χ3n) is 6.08. The van der Waals surface area contributed by atoms with Crippen molar-refractivity contribution in [2.24, 2.45) is 0 Å². The van der Waals surface area contributed by atoms with Gasteiger partial charge in [0.1, 0.15) is 5.75 Å². The molecule has 0 bridgehead atoms. The van der Waals surface area contributed by atoms with Gasteiger partial charge in [-0.05, 0) is 48.4 Å². The van der Waals surface area contributed by atoms with Crippen molar-refractivity contribution < 1.29 is 18.3 Å². The maximum atomic E-state index is 12.0. The summed E-state index contributed by atoms with van der Waals surface area (Å²) in [6, 6.07) is 17.3. The average Bonchev–Trinajstić information content (AvgIpc) is 2.83. The number of rotatable bonds is 6. The van der Waals surface area contributed by atoms with Crippen LogP contribution in [0.15, 0.2) is 67.0 Å². The van der Waals surface area contributed by atoms with Crippen LogP contribution in [-0.2, 0) is 10.0 Å². The maximum Gasteiger partial charge on any atom is 0.264 e. The summed E-state index contributed by atoms with van der Waals surface area (Å²) < 4.78 is 24.5. The van der Waals surface area contributed by atoms with Crippen molar-refractivity contribution in [2.45, 2.75) is 13.0 Å². The average molecular weight is 481 g/mol. The first-order valence-electron chi connectivity index (χ1n) is 11.1. The van der Waals surface area contributed by atoms with Gasteiger partial charge in [-0.15, -0.1) is 0 Å². The molecule has 1 saturated heterocycles. The fourth-order valence-corrected chi connectivity index (χ4v) is 4.62. The zero-order valence-electron chi connectivity index (χ0n) is 19.2. The van der Waals surface area contributed by atoms with Crippen molar-refractivity contribution in [1.82, 2.24) is 14.6 Å². The molecule has 1 amide bonds. The molecule has 1 aliphatic rings. The zero-order valence-corrected chi connectivity index (χ0v) is 20.0. The fraction of sp³-hybridized carbons (Fsp3) is 0.280. The van der Waals surface area contributed by atoms with Crippen molar-refractivity contribution in [3.63, 3.8) is 0 Å². The molecule has 9 heteroatoms. The van der Waals surface area contributed by atoms with E-state index in [-0.39, 0.29) is 11.8 Å². The van der Waals surface area contributed by atoms with E-state index < -0.39 is 15.9 Å². The number of aromatic hydroxyl groups is 1. The summed E-state index contributed by atoms with van der Waals surface area (Å²) in [5, 5.41) is 9.66. The lowest BCUT2D eigenvalue weighted by molar-refractivity contribution is 0.0981. The Balaban J connectivity index is 1.35. The van der Waals surface area contributed by atoms with Crippen LogP contribution < -0.4 is 9.62 Å². The summed E-state index contributed by atoms with van der Waals surface area (Å²) in [5.41, 5.74) is 4.44. The number of amides is 1. The summed E-state index contributed by atoms with van der Waals surface area (Å²) in [6.45, 7) is 5.71. The molecule has 8 nitrogen and oxygen atoms in total. The number of aromatic nitrogens is 1. The Morgan fingerprint density at radius 2 is 1.62 bits per heavy atom. The Morgan fingerprint density at radius 1 is 0.971 bits per heavy atom. The Kier molecular flexibility index (Phi) is 6.85. The van der Waals surface area contributed by atoms with Gasteiger partial charge in [0.2, 0.25) is 10.0 Å². The number of hydrogen-bond acceptors (Lipinski definition) is 7. The van der Waals surface area contributed by atoms with Crippen LogP contribution in [0.3, 0.4) is 0 Å². The Labute approximate surface area is 199 Å². The molecular formula is C25H28N4O4S. The van der Waals surface area contributed by atoms with Crippen molar-refractivity contribution in [1.29, 1.82) is 0 Å². The molecule has 0 saturated carbocycles. The molecule has 0 radical (unpaired) electrons. The van der Waals surface area contributed by atoms with Gasteiger partial charge in [0.25, 0.3) is 5.91 Å². The first-order valence-corrected chi connectivity index (χ1v) is 12.9. The zero-order chi connectivity index (χ0) is 24.3. The molecule has 2 aromatic carbocycles. The smallest absolute Gasteiger partial charge is 0.264 e. The number of hydrogen-bond donors (Lipinski definition) is 2. The number of pyridine rings is 1. The number of sulfonamides is 1. The van der Waals surface area contributed by atoms with E-state index in [9.17, 15) is 18.3 Å². The highest BCUT2D eigenvalue weighted by Crippen LogP contribution is 2.27. The largest absolute Gasteiger partial charge is 0.506 e. The second kappa shape index (κ2) is 9.82. The lowest BCUT2D eigenvalue weighted by atomic mass is 10.0. The van der Waals surface area contributed by atoms with Crippen LogP contribution >= 0.6 is 0 Å². The van der Waals surface area contributed by atoms with Crippen molar-refractivity contribution >= 4 is 21.6 Å². The monoisotopic (exact) mass is 480 g/mol. The predicted molar refractivity (Wildman–Crippen MR) is 132 cm³/mol. The van der Waals surface area contributed by atoms with Gasteiger partial charge in [-0.1, -0.05) is 24.3 Å². The molecule has 1 aromatic heterocycles. The predicted octanol–water partition coefficient (Wildman–Crippen LogP) is 3.03. The highest BCUT2D eigenvalue weighted by atomic mass is 32.2. The standard InChI is InChI=1S/C25H28N4O4S/c1-18(19-3-5-20(6-4-19)22-15-24(30)17-26-16-22)28-11-13-29(14-12-28)23-9-7-21(8-10-23)25(31)27-34(2,32)33/h3-10,15-18,30H,11-14H2,1-2H3,(H,27,31). The van der Waals surface area contributed by atoms with Gasteiger partial charge in [-0.3, -0.25) is 14.7 Å². The van der Waals surface area contributed by atoms with Crippen LogP contribution in [0.25, 0.3) is 11.1 Å². The number of anilines is 1. The summed E-state index contributed by atoms with van der Waals surface area (Å²) in [5.74, 6) is -0.473. The van der Waals surface area contributed by atoms with E-state index in [0.717, 1.165) is 49.2 Å². The first kappa shape index (κ1) is 23.7. The molecule has 2 N–H and O–H groups in total. The minimum Gasteiger partial charge on any atom is -0.506 e. The molecule has 3 aromatic rings. The van der Waals surface area contributed by atoms with Gasteiger partial charge in [0.05, 0.1) is 12.5 Å². The second-order valence-corrected chi connectivity index (χ2v) is 10.3. The molecule has 2 heterocycles. The second-order valence-electron chi connectivity index (χ2n) is 8.50. The first-order chi connectivity index (χ1) is 16.2. The van der Waals surface area contributed by atoms with Crippen molar-refractivity contribution in [3.05, 3.63) is 78.1 Å². The third kappa shape index (κ3) is 5.73. The molecule has 1 unspecified atom stereocenters. The molecule has 0 spiro atoms. The van der Waals surface area contributed by atoms with Crippen molar-refractivity contribution in [2.75, 3.05) is 37.3 Å². The highest BCUT2D eigenvalue weighted by molar-refractivity contribution is 7.89. The van der Waals surface area contributed by atoms with E-state index in [1.165, 1.54) is 11.8 Å². The topological polar surface area (TPSA) is 103 Å². The van der Waals surface area contributed by atoms with Crippen LogP contribution in [0.5, 0.6) is 5.75 Å². The van der Waals surface area contributed by atoms with Crippen LogP contribution in [0.2, 0.25) is 0 Å². The number of nitrogens with zero attached hydrogens (tertiary/aromatic N) is 3. The SMILES string of the molecule is CC(c1ccc(-c2cncc(O)c2)cc1)N1CCN(c2ccc(C(=O)NS(C)(=O)=O)cc2)CC1. The van der Waals surface area contributed by atoms with E-state index in [2.05, 4.69) is 46.0 Å². The van der Waals surface area contributed by atoms with E-state index in [1.807, 2.05) is 16.9 Å². The van der Waals surface area contributed by atoms with Gasteiger partial charge in [0.15, 0.2) is 0 Å². The van der Waals surface area contributed by atoms with Gasteiger partial charge < -0.3 is 10.0 Å². The van der Waals surface area contributed by atoms with Crippen LogP contribution in [0, 0.1) is 0 Å². The fourth-order valence-electron chi connectivity index (χ4n) is 4.17. The third-order valence-corrected chi connectivity index (χ3v) is 6.64. The van der Waals surface area contributed by atoms with Crippen molar-refractivity contribution in [3.8, 4) is 16.9 Å². The maximum absolute atomic E-state index is 12.0. The quantitative estimate of drug-likeness (QED) is 0.559. The molecule has 178 valence electrons. The Hall–Kier alpha value is -3.43. The minimum absolute atomic E-state index is 0.152. The lowest BCUT2D eigenvalue weighted by Gasteiger charge is -2.39. The van der Waals surface area contributed by atoms with E-state index in [0.29, 0.717) is 5.56 Å². The van der Waals surface area contributed by atoms with Crippen LogP contribution in [0.1, 0.15) is 28.9 Å². The number of carbonyl (C=O) groups excluding carboxylic acids is 1. The highest BCUT2D eigenvalue weighted by Gasteiger charge is 2.22. The number of nitrogens with one attached hydrogen (secondary N) is 1. The van der Waals surface area contributed by atoms with E-state index in [4.69, 9.17) is 0 Å². The Bertz CT molecular complexity index is 1250. The normalized spacial score (nSPS) is 15.6. The van der Waals surface area contributed by atoms with Gasteiger partial charge >= 0.3 is 0 Å². The van der Waals surface area contributed by atoms with Crippen LogP contribution in [-0.4, -0.2) is 61.8 Å². The lowest BCUT2D eigenvalue weighted by Crippen LogP contribution is -2.47. The number of carbonyl (C=O) groups is 1. The van der Waals surface area contributed by atoms with Gasteiger partial charge in [-0.25, -0.2) is 13.1 Å². The minimum atomic E-state index is -3.59. The molecule has 1 fully saturated rings. The summed E-state index contributed by atoms with van der Waals surface area (Å²) >= 11 is 0. The Morgan fingerprint density at radius 3 is 2.21 bits per heavy atom. The van der Waals surface area contributed by atoms with Gasteiger partial charge in [-0.2, -0.15) is 0 Å². The number of benzene rings is 2. The summed E-state index contributed by atoms with van der Waals surface area (Å²) in [6.07, 6.45) is 4.12. The van der Waals surface area contributed by atoms with E-state index >= 15 is 0 Å². The summed E-state index contributed by atoms with van der Waals surface area (Å²) in [4.78, 5) is 20.7. The summed E-state index contributed by atoms with van der Waals surface area (Å²) in [7, 11) is -3.59. The van der Waals surface area contributed by atoms with Gasteiger partial charge in [0, 0.05) is 55.2 Å². The van der Waals surface area contributed by atoms with E-state index in [1.54, 1.807) is 24.4 Å². The molecule has 1 atom stereocenters. The molecular weight excluding hydrogens is 452 g/mol. The molecule has 0 aliphatic carbocycles.